The second kappa shape index (κ2) is 5.45. The molecule has 0 aliphatic rings. The maximum absolute atomic E-state index is 12.8. The van der Waals surface area contributed by atoms with Crippen LogP contribution in [0.25, 0.3) is 0 Å². The zero-order chi connectivity index (χ0) is 13.0. The first-order chi connectivity index (χ1) is 8.69. The summed E-state index contributed by atoms with van der Waals surface area (Å²) in [6.45, 7) is 2.43. The van der Waals surface area contributed by atoms with Gasteiger partial charge in [-0.1, -0.05) is 29.8 Å². The van der Waals surface area contributed by atoms with E-state index in [1.165, 1.54) is 12.1 Å². The first-order valence-electron chi connectivity index (χ1n) is 5.72. The number of anilines is 1. The van der Waals surface area contributed by atoms with Crippen molar-refractivity contribution in [1.82, 2.24) is 0 Å². The van der Waals surface area contributed by atoms with Crippen molar-refractivity contribution in [3.05, 3.63) is 65.5 Å². The average molecular weight is 243 g/mol. The number of hydrogen-bond acceptors (Lipinski definition) is 1. The average Bonchev–Trinajstić information content (AvgIpc) is 2.39. The molecule has 2 nitrogen and oxygen atoms in total. The van der Waals surface area contributed by atoms with Crippen molar-refractivity contribution in [2.24, 2.45) is 0 Å². The summed E-state index contributed by atoms with van der Waals surface area (Å²) in [6, 6.07) is 13.9. The predicted molar refractivity (Wildman–Crippen MR) is 69.8 cm³/mol. The molecular formula is C15H14FNO. The highest BCUT2D eigenvalue weighted by atomic mass is 19.1. The Balaban J connectivity index is 2.16. The van der Waals surface area contributed by atoms with E-state index in [0.717, 1.165) is 23.2 Å². The van der Waals surface area contributed by atoms with E-state index in [2.05, 4.69) is 0 Å². The number of carbonyl (C=O) groups is 1. The Hall–Kier alpha value is -2.16. The minimum atomic E-state index is -0.272. The lowest BCUT2D eigenvalue weighted by atomic mass is 10.2. The number of aryl methyl sites for hydroxylation is 1. The van der Waals surface area contributed by atoms with Crippen molar-refractivity contribution >= 4 is 12.1 Å². The molecule has 2 rings (SSSR count). The number of amides is 1. The van der Waals surface area contributed by atoms with Gasteiger partial charge in [0, 0.05) is 5.69 Å². The van der Waals surface area contributed by atoms with Crippen LogP contribution in [0.2, 0.25) is 0 Å². The van der Waals surface area contributed by atoms with Gasteiger partial charge in [-0.25, -0.2) is 4.39 Å². The number of nitrogens with zero attached hydrogens (tertiary/aromatic N) is 1. The van der Waals surface area contributed by atoms with Gasteiger partial charge in [0.15, 0.2) is 0 Å². The first kappa shape index (κ1) is 12.3. The van der Waals surface area contributed by atoms with Crippen LogP contribution in [0.3, 0.4) is 0 Å². The van der Waals surface area contributed by atoms with Gasteiger partial charge in [-0.2, -0.15) is 0 Å². The Kier molecular flexibility index (Phi) is 3.72. The molecule has 0 aliphatic carbocycles. The summed E-state index contributed by atoms with van der Waals surface area (Å²) in [4.78, 5) is 12.7. The van der Waals surface area contributed by atoms with Crippen LogP contribution >= 0.6 is 0 Å². The molecule has 0 saturated carbocycles. The quantitative estimate of drug-likeness (QED) is 0.754. The monoisotopic (exact) mass is 243 g/mol. The van der Waals surface area contributed by atoms with Crippen LogP contribution in [-0.2, 0) is 11.3 Å². The summed E-state index contributed by atoms with van der Waals surface area (Å²) in [5, 5.41) is 0. The fraction of sp³-hybridized carbons (Fsp3) is 0.133. The lowest BCUT2D eigenvalue weighted by molar-refractivity contribution is -0.107. The maximum atomic E-state index is 12.8. The van der Waals surface area contributed by atoms with Crippen molar-refractivity contribution in [3.8, 4) is 0 Å². The second-order valence-electron chi connectivity index (χ2n) is 4.20. The SMILES string of the molecule is Cc1ccc(N(C=O)Cc2ccc(F)cc2)cc1. The van der Waals surface area contributed by atoms with Gasteiger partial charge in [-0.3, -0.25) is 4.79 Å². The molecule has 18 heavy (non-hydrogen) atoms. The van der Waals surface area contributed by atoms with Crippen molar-refractivity contribution < 1.29 is 9.18 Å². The minimum absolute atomic E-state index is 0.272. The molecule has 92 valence electrons. The number of carbonyl (C=O) groups excluding carboxylic acids is 1. The summed E-state index contributed by atoms with van der Waals surface area (Å²) in [5.74, 6) is -0.272. The fourth-order valence-corrected chi connectivity index (χ4v) is 1.71. The molecule has 2 aromatic carbocycles. The van der Waals surface area contributed by atoms with E-state index >= 15 is 0 Å². The van der Waals surface area contributed by atoms with Crippen LogP contribution in [0, 0.1) is 12.7 Å². The highest BCUT2D eigenvalue weighted by Gasteiger charge is 2.05. The number of benzene rings is 2. The van der Waals surface area contributed by atoms with Gasteiger partial charge < -0.3 is 4.90 Å². The van der Waals surface area contributed by atoms with Crippen molar-refractivity contribution in [2.75, 3.05) is 4.90 Å². The smallest absolute Gasteiger partial charge is 0.214 e. The molecular weight excluding hydrogens is 229 g/mol. The van der Waals surface area contributed by atoms with Gasteiger partial charge in [0.05, 0.1) is 6.54 Å². The molecule has 1 amide bonds. The van der Waals surface area contributed by atoms with Crippen LogP contribution in [0.1, 0.15) is 11.1 Å². The molecule has 3 heteroatoms. The number of rotatable bonds is 4. The molecule has 0 atom stereocenters. The Bertz CT molecular complexity index is 519. The van der Waals surface area contributed by atoms with Gasteiger partial charge >= 0.3 is 0 Å². The molecule has 0 spiro atoms. The summed E-state index contributed by atoms with van der Waals surface area (Å²) in [6.07, 6.45) is 0.786. The van der Waals surface area contributed by atoms with Gasteiger partial charge in [-0.15, -0.1) is 0 Å². The standard InChI is InChI=1S/C15H14FNO/c1-12-2-8-15(9-3-12)17(11-18)10-13-4-6-14(16)7-5-13/h2-9,11H,10H2,1H3. The minimum Gasteiger partial charge on any atom is -0.311 e. The van der Waals surface area contributed by atoms with E-state index in [1.54, 1.807) is 17.0 Å². The molecule has 0 fully saturated rings. The van der Waals surface area contributed by atoms with E-state index in [-0.39, 0.29) is 5.82 Å². The molecule has 0 heterocycles. The normalized spacial score (nSPS) is 10.1. The van der Waals surface area contributed by atoms with E-state index in [1.807, 2.05) is 31.2 Å². The largest absolute Gasteiger partial charge is 0.311 e. The van der Waals surface area contributed by atoms with Crippen LogP contribution in [0.5, 0.6) is 0 Å². The maximum Gasteiger partial charge on any atom is 0.214 e. The molecule has 0 bridgehead atoms. The van der Waals surface area contributed by atoms with Crippen molar-refractivity contribution in [3.63, 3.8) is 0 Å². The number of hydrogen-bond donors (Lipinski definition) is 0. The summed E-state index contributed by atoms with van der Waals surface area (Å²) in [5.41, 5.74) is 2.87. The Morgan fingerprint density at radius 2 is 1.67 bits per heavy atom. The Morgan fingerprint density at radius 1 is 1.06 bits per heavy atom. The summed E-state index contributed by atoms with van der Waals surface area (Å²) in [7, 11) is 0. The van der Waals surface area contributed by atoms with Crippen LogP contribution in [0.4, 0.5) is 10.1 Å². The summed E-state index contributed by atoms with van der Waals surface area (Å²) >= 11 is 0. The van der Waals surface area contributed by atoms with Gasteiger partial charge in [-0.05, 0) is 36.8 Å². The molecule has 0 radical (unpaired) electrons. The molecule has 0 aliphatic heterocycles. The molecule has 0 N–H and O–H groups in total. The highest BCUT2D eigenvalue weighted by Crippen LogP contribution is 2.16. The third-order valence-electron chi connectivity index (χ3n) is 2.76. The predicted octanol–water partition coefficient (Wildman–Crippen LogP) is 3.30. The van der Waals surface area contributed by atoms with E-state index in [9.17, 15) is 9.18 Å². The third-order valence-corrected chi connectivity index (χ3v) is 2.76. The zero-order valence-corrected chi connectivity index (χ0v) is 10.1. The van der Waals surface area contributed by atoms with Crippen LogP contribution in [-0.4, -0.2) is 6.41 Å². The third kappa shape index (κ3) is 2.94. The first-order valence-corrected chi connectivity index (χ1v) is 5.72. The lowest BCUT2D eigenvalue weighted by Gasteiger charge is -2.17. The molecule has 2 aromatic rings. The van der Waals surface area contributed by atoms with E-state index in [0.29, 0.717) is 6.54 Å². The van der Waals surface area contributed by atoms with E-state index < -0.39 is 0 Å². The van der Waals surface area contributed by atoms with E-state index in [4.69, 9.17) is 0 Å². The summed E-state index contributed by atoms with van der Waals surface area (Å²) < 4.78 is 12.8. The highest BCUT2D eigenvalue weighted by molar-refractivity contribution is 5.75. The second-order valence-corrected chi connectivity index (χ2v) is 4.20. The van der Waals surface area contributed by atoms with Crippen molar-refractivity contribution in [2.45, 2.75) is 13.5 Å². The fourth-order valence-electron chi connectivity index (χ4n) is 1.71. The Morgan fingerprint density at radius 3 is 2.22 bits per heavy atom. The zero-order valence-electron chi connectivity index (χ0n) is 10.1. The number of halogens is 1. The molecule has 0 saturated heterocycles. The van der Waals surface area contributed by atoms with Gasteiger partial charge in [0.1, 0.15) is 5.82 Å². The van der Waals surface area contributed by atoms with Gasteiger partial charge in [0.25, 0.3) is 0 Å². The molecule has 0 unspecified atom stereocenters. The molecule has 0 aromatic heterocycles. The van der Waals surface area contributed by atoms with Gasteiger partial charge in [0.2, 0.25) is 6.41 Å². The van der Waals surface area contributed by atoms with Crippen LogP contribution in [0.15, 0.2) is 48.5 Å². The topological polar surface area (TPSA) is 20.3 Å². The van der Waals surface area contributed by atoms with Crippen molar-refractivity contribution in [1.29, 1.82) is 0 Å². The Labute approximate surface area is 106 Å². The lowest BCUT2D eigenvalue weighted by Crippen LogP contribution is -2.20. The van der Waals surface area contributed by atoms with Crippen LogP contribution < -0.4 is 4.90 Å².